The Balaban J connectivity index is 1.29. The van der Waals surface area contributed by atoms with Gasteiger partial charge in [-0.1, -0.05) is 5.21 Å². The van der Waals surface area contributed by atoms with Gasteiger partial charge in [0.2, 0.25) is 0 Å². The summed E-state index contributed by atoms with van der Waals surface area (Å²) in [5.74, 6) is -4.55. The van der Waals surface area contributed by atoms with Crippen molar-refractivity contribution < 1.29 is 64.0 Å². The fraction of sp³-hybridized carbons (Fsp3) is 0.640. The number of halogens is 6. The Morgan fingerprint density at radius 1 is 1.11 bits per heavy atom. The van der Waals surface area contributed by atoms with Gasteiger partial charge >= 0.3 is 21.6 Å². The first-order valence-corrected chi connectivity index (χ1v) is 15.2. The lowest BCUT2D eigenvalue weighted by atomic mass is 9.89. The smallest absolute Gasteiger partial charge is 0.444 e. The van der Waals surface area contributed by atoms with Crippen LogP contribution >= 0.6 is 0 Å². The van der Waals surface area contributed by atoms with Crippen molar-refractivity contribution in [3.05, 3.63) is 35.8 Å². The number of cyclic esters (lactones) is 1. The van der Waals surface area contributed by atoms with Crippen LogP contribution in [0.4, 0.5) is 31.1 Å². The maximum Gasteiger partial charge on any atom is 0.511 e. The minimum Gasteiger partial charge on any atom is -0.444 e. The fourth-order valence-corrected chi connectivity index (χ4v) is 6.96. The highest BCUT2D eigenvalue weighted by molar-refractivity contribution is 7.90. The van der Waals surface area contributed by atoms with Crippen molar-refractivity contribution in [3.8, 4) is 11.3 Å². The Morgan fingerprint density at radius 3 is 2.33 bits per heavy atom. The Labute approximate surface area is 252 Å². The van der Waals surface area contributed by atoms with Crippen LogP contribution in [0.5, 0.6) is 0 Å². The van der Waals surface area contributed by atoms with Crippen LogP contribution < -0.4 is 0 Å². The van der Waals surface area contributed by atoms with E-state index in [9.17, 15) is 49.8 Å². The number of aromatic nitrogens is 3. The van der Waals surface area contributed by atoms with Gasteiger partial charge in [0, 0.05) is 38.2 Å². The molecule has 3 fully saturated rings. The molecule has 3 aliphatic rings. The zero-order valence-electron chi connectivity index (χ0n) is 23.5. The molecule has 2 aromatic rings. The van der Waals surface area contributed by atoms with Crippen LogP contribution in [0.25, 0.3) is 11.3 Å². The summed E-state index contributed by atoms with van der Waals surface area (Å²) in [6.07, 6.45) is -4.96. The minimum absolute atomic E-state index is 0.00199. The first-order valence-electron chi connectivity index (χ1n) is 13.7. The minimum atomic E-state index is -5.49. The average Bonchev–Trinajstić information content (AvgIpc) is 3.62. The van der Waals surface area contributed by atoms with E-state index in [1.54, 1.807) is 0 Å². The molecular formula is C25H29F6N5O8S. The molecule has 20 heteroatoms. The summed E-state index contributed by atoms with van der Waals surface area (Å²) < 4.78 is 122. The SMILES string of the molecule is CO[C@@H]1[C@@H](n2cc(-c3cc(F)c(F)c(F)c3)nn2)[C@@H](O)[C@@H](CO)O[C@@H]1C[C@@H]1CN(C2CCN(S(=O)(=O)C(F)(F)F)CC2)C(=O)O1. The number of sulfonamides is 1. The molecule has 4 heterocycles. The Morgan fingerprint density at radius 2 is 1.76 bits per heavy atom. The standard InChI is InChI=1S/C25H29F6N5O8S/c1-42-23-18(8-14-9-35(24(39)43-14)13-2-4-34(5-3-13)45(40,41)25(29,30)31)44-19(11-37)22(38)21(23)36-10-17(32-33-36)12-6-15(26)20(28)16(27)7-12/h6-7,10,13-14,18-19,21-23,37-38H,2-5,8-9,11H2,1H3/t14-,18-,19-,21+,22+,23+/m1/s1. The molecule has 0 unspecified atom stereocenters. The number of hydrogen-bond acceptors (Lipinski definition) is 10. The van der Waals surface area contributed by atoms with Gasteiger partial charge in [-0.15, -0.1) is 5.10 Å². The van der Waals surface area contributed by atoms with Gasteiger partial charge in [0.1, 0.15) is 36.2 Å². The number of methoxy groups -OCH3 is 1. The lowest BCUT2D eigenvalue weighted by Gasteiger charge is -2.44. The summed E-state index contributed by atoms with van der Waals surface area (Å²) in [5, 5.41) is 28.7. The Bertz CT molecular complexity index is 1480. The van der Waals surface area contributed by atoms with E-state index in [1.165, 1.54) is 18.2 Å². The maximum atomic E-state index is 13.8. The number of hydrogen-bond donors (Lipinski definition) is 2. The zero-order chi connectivity index (χ0) is 32.8. The lowest BCUT2D eigenvalue weighted by Crippen LogP contribution is -2.57. The van der Waals surface area contributed by atoms with Gasteiger partial charge in [-0.25, -0.2) is 31.1 Å². The molecule has 1 amide bonds. The molecule has 13 nitrogen and oxygen atoms in total. The summed E-state index contributed by atoms with van der Waals surface area (Å²) in [5.41, 5.74) is -5.63. The molecule has 3 saturated heterocycles. The normalized spacial score (nSPS) is 28.9. The van der Waals surface area contributed by atoms with Crippen molar-refractivity contribution in [1.29, 1.82) is 0 Å². The molecule has 0 bridgehead atoms. The molecule has 2 N–H and O–H groups in total. The Kier molecular flexibility index (Phi) is 9.35. The van der Waals surface area contributed by atoms with Crippen molar-refractivity contribution in [2.75, 3.05) is 33.4 Å². The molecule has 0 radical (unpaired) electrons. The topological polar surface area (TPSA) is 157 Å². The van der Waals surface area contributed by atoms with E-state index in [4.69, 9.17) is 14.2 Å². The predicted octanol–water partition coefficient (Wildman–Crippen LogP) is 1.56. The highest BCUT2D eigenvalue weighted by atomic mass is 32.2. The van der Waals surface area contributed by atoms with Crippen LogP contribution in [0.15, 0.2) is 18.3 Å². The van der Waals surface area contributed by atoms with Gasteiger partial charge in [-0.3, -0.25) is 0 Å². The first kappa shape index (κ1) is 33.3. The number of ether oxygens (including phenoxy) is 3. The first-order chi connectivity index (χ1) is 21.2. The molecule has 3 aliphatic heterocycles. The fourth-order valence-electron chi connectivity index (χ4n) is 5.98. The number of carbonyl (C=O) groups is 1. The van der Waals surface area contributed by atoms with Crippen LogP contribution in [0.1, 0.15) is 25.3 Å². The molecule has 250 valence electrons. The number of aliphatic hydroxyl groups excluding tert-OH is 2. The number of carbonyl (C=O) groups excluding carboxylic acids is 1. The van der Waals surface area contributed by atoms with Crippen molar-refractivity contribution in [1.82, 2.24) is 24.2 Å². The van der Waals surface area contributed by atoms with Gasteiger partial charge in [0.25, 0.3) is 0 Å². The van der Waals surface area contributed by atoms with Crippen molar-refractivity contribution in [2.24, 2.45) is 0 Å². The van der Waals surface area contributed by atoms with Crippen molar-refractivity contribution in [2.45, 2.75) is 67.4 Å². The summed E-state index contributed by atoms with van der Waals surface area (Å²) in [7, 11) is -4.19. The molecule has 0 saturated carbocycles. The zero-order valence-corrected chi connectivity index (χ0v) is 24.3. The van der Waals surface area contributed by atoms with Crippen LogP contribution in [0, 0.1) is 17.5 Å². The van der Waals surface area contributed by atoms with Crippen LogP contribution in [0.2, 0.25) is 0 Å². The Hall–Kier alpha value is -3.04. The third kappa shape index (κ3) is 6.35. The van der Waals surface area contributed by atoms with Gasteiger partial charge < -0.3 is 29.3 Å². The second-order valence-corrected chi connectivity index (χ2v) is 12.8. The van der Waals surface area contributed by atoms with Gasteiger partial charge in [0.15, 0.2) is 17.5 Å². The lowest BCUT2D eigenvalue weighted by molar-refractivity contribution is -0.217. The number of benzene rings is 1. The summed E-state index contributed by atoms with van der Waals surface area (Å²) in [4.78, 5) is 14.0. The van der Waals surface area contributed by atoms with Crippen LogP contribution in [-0.4, -0.2) is 124 Å². The van der Waals surface area contributed by atoms with E-state index in [0.29, 0.717) is 4.31 Å². The number of nitrogens with zero attached hydrogens (tertiary/aromatic N) is 5. The van der Waals surface area contributed by atoms with E-state index in [1.807, 2.05) is 0 Å². The van der Waals surface area contributed by atoms with Gasteiger partial charge in [0.05, 0.1) is 25.5 Å². The number of aliphatic hydroxyl groups is 2. The number of amides is 1. The molecule has 1 aromatic heterocycles. The van der Waals surface area contributed by atoms with E-state index in [-0.39, 0.29) is 37.1 Å². The molecular weight excluding hydrogens is 644 g/mol. The maximum absolute atomic E-state index is 13.8. The van der Waals surface area contributed by atoms with Gasteiger partial charge in [-0.2, -0.15) is 17.5 Å². The monoisotopic (exact) mass is 673 g/mol. The second kappa shape index (κ2) is 12.6. The molecule has 45 heavy (non-hydrogen) atoms. The van der Waals surface area contributed by atoms with E-state index < -0.39 is 101 Å². The second-order valence-electron chi connectivity index (χ2n) is 10.9. The van der Waals surface area contributed by atoms with Crippen molar-refractivity contribution in [3.63, 3.8) is 0 Å². The van der Waals surface area contributed by atoms with E-state index in [0.717, 1.165) is 16.8 Å². The largest absolute Gasteiger partial charge is 0.511 e. The third-order valence-electron chi connectivity index (χ3n) is 8.23. The van der Waals surface area contributed by atoms with Crippen molar-refractivity contribution >= 4 is 16.1 Å². The summed E-state index contributed by atoms with van der Waals surface area (Å²) in [6, 6.07) is -0.211. The molecule has 6 atom stereocenters. The number of piperidine rings is 1. The summed E-state index contributed by atoms with van der Waals surface area (Å²) >= 11 is 0. The molecule has 1 aromatic carbocycles. The highest BCUT2D eigenvalue weighted by Gasteiger charge is 2.52. The highest BCUT2D eigenvalue weighted by Crippen LogP contribution is 2.37. The number of rotatable bonds is 8. The quantitative estimate of drug-likeness (QED) is 0.312. The van der Waals surface area contributed by atoms with E-state index in [2.05, 4.69) is 10.3 Å². The predicted molar refractivity (Wildman–Crippen MR) is 138 cm³/mol. The average molecular weight is 674 g/mol. The molecule has 5 rings (SSSR count). The molecule has 0 spiro atoms. The summed E-state index contributed by atoms with van der Waals surface area (Å²) in [6.45, 7) is -1.52. The molecule has 0 aliphatic carbocycles. The van der Waals surface area contributed by atoms with Crippen LogP contribution in [0.3, 0.4) is 0 Å². The van der Waals surface area contributed by atoms with Gasteiger partial charge in [-0.05, 0) is 25.0 Å². The number of alkyl halides is 3. The third-order valence-corrected chi connectivity index (χ3v) is 9.86. The van der Waals surface area contributed by atoms with E-state index >= 15 is 0 Å². The van der Waals surface area contributed by atoms with Crippen LogP contribution in [-0.2, 0) is 24.2 Å².